The molecule has 128 valence electrons. The summed E-state index contributed by atoms with van der Waals surface area (Å²) in [7, 11) is 0. The van der Waals surface area contributed by atoms with E-state index in [0.29, 0.717) is 22.2 Å². The maximum atomic E-state index is 11.9. The van der Waals surface area contributed by atoms with Crippen molar-refractivity contribution in [3.05, 3.63) is 76.5 Å². The molecule has 0 radical (unpaired) electrons. The summed E-state index contributed by atoms with van der Waals surface area (Å²) in [5.74, 6) is 0.904. The number of esters is 1. The van der Waals surface area contributed by atoms with Crippen molar-refractivity contribution in [1.29, 1.82) is 0 Å². The molecule has 0 unspecified atom stereocenters. The zero-order valence-electron chi connectivity index (χ0n) is 13.9. The Bertz CT molecular complexity index is 910. The van der Waals surface area contributed by atoms with E-state index in [1.807, 2.05) is 50.2 Å². The van der Waals surface area contributed by atoms with Gasteiger partial charge in [-0.05, 0) is 44.2 Å². The fourth-order valence-corrected chi connectivity index (χ4v) is 2.65. The third-order valence-corrected chi connectivity index (χ3v) is 4.01. The quantitative estimate of drug-likeness (QED) is 0.499. The molecule has 0 fully saturated rings. The topological polar surface area (TPSA) is 57.3 Å². The van der Waals surface area contributed by atoms with Crippen molar-refractivity contribution in [3.8, 4) is 5.69 Å². The molecular weight excluding hydrogens is 340 g/mol. The highest BCUT2D eigenvalue weighted by molar-refractivity contribution is 6.30. The molecule has 0 bridgehead atoms. The van der Waals surface area contributed by atoms with Gasteiger partial charge in [-0.3, -0.25) is 0 Å². The van der Waals surface area contributed by atoms with Crippen LogP contribution in [0, 0.1) is 13.8 Å². The molecule has 0 saturated heterocycles. The summed E-state index contributed by atoms with van der Waals surface area (Å²) < 4.78 is 12.2. The number of halogens is 1. The second-order valence-electron chi connectivity index (χ2n) is 5.49. The normalized spacial score (nSPS) is 11.2. The number of aryl methyl sites for hydroxylation is 2. The summed E-state index contributed by atoms with van der Waals surface area (Å²) in [6.45, 7) is 3.72. The third-order valence-electron chi connectivity index (χ3n) is 3.63. The van der Waals surface area contributed by atoms with E-state index >= 15 is 0 Å². The molecule has 6 heteroatoms. The van der Waals surface area contributed by atoms with Crippen LogP contribution >= 0.6 is 11.6 Å². The molecule has 25 heavy (non-hydrogen) atoms. The Labute approximate surface area is 150 Å². The van der Waals surface area contributed by atoms with Gasteiger partial charge in [0, 0.05) is 11.6 Å². The number of hydrogen-bond acceptors (Lipinski definition) is 4. The van der Waals surface area contributed by atoms with Gasteiger partial charge in [0.1, 0.15) is 23.3 Å². The Kier molecular flexibility index (Phi) is 5.05. The van der Waals surface area contributed by atoms with Gasteiger partial charge < -0.3 is 9.15 Å². The van der Waals surface area contributed by atoms with E-state index in [2.05, 4.69) is 5.10 Å². The number of rotatable bonds is 5. The first-order valence-electron chi connectivity index (χ1n) is 7.75. The Morgan fingerprint density at radius 2 is 2.00 bits per heavy atom. The summed E-state index contributed by atoms with van der Waals surface area (Å²) in [5.41, 5.74) is 2.25. The van der Waals surface area contributed by atoms with Crippen molar-refractivity contribution in [3.63, 3.8) is 0 Å². The molecule has 1 aromatic carbocycles. The van der Waals surface area contributed by atoms with Crippen molar-refractivity contribution < 1.29 is 13.9 Å². The van der Waals surface area contributed by atoms with E-state index in [1.54, 1.807) is 16.8 Å². The molecule has 2 aromatic heterocycles. The van der Waals surface area contributed by atoms with Crippen LogP contribution in [0.25, 0.3) is 11.8 Å². The average molecular weight is 357 g/mol. The smallest absolute Gasteiger partial charge is 0.331 e. The minimum atomic E-state index is -0.475. The van der Waals surface area contributed by atoms with Gasteiger partial charge in [-0.15, -0.1) is 0 Å². The minimum Gasteiger partial charge on any atom is -0.462 e. The fourth-order valence-electron chi connectivity index (χ4n) is 2.32. The summed E-state index contributed by atoms with van der Waals surface area (Å²) >= 11 is 6.40. The van der Waals surface area contributed by atoms with Gasteiger partial charge in [-0.2, -0.15) is 5.10 Å². The van der Waals surface area contributed by atoms with Crippen molar-refractivity contribution >= 4 is 23.6 Å². The number of hydrogen-bond donors (Lipinski definition) is 0. The molecule has 0 aliphatic rings. The first-order valence-corrected chi connectivity index (χ1v) is 8.13. The lowest BCUT2D eigenvalue weighted by Gasteiger charge is -2.04. The predicted octanol–water partition coefficient (Wildman–Crippen LogP) is 4.49. The van der Waals surface area contributed by atoms with Gasteiger partial charge in [0.05, 0.1) is 11.4 Å². The molecule has 0 N–H and O–H groups in total. The number of furan rings is 1. The maximum Gasteiger partial charge on any atom is 0.331 e. The molecular formula is C19H17ClN2O3. The lowest BCUT2D eigenvalue weighted by atomic mass is 10.3. The number of aromatic nitrogens is 2. The molecule has 3 rings (SSSR count). The molecule has 0 aliphatic carbocycles. The maximum absolute atomic E-state index is 11.9. The second kappa shape index (κ2) is 7.40. The van der Waals surface area contributed by atoms with E-state index in [9.17, 15) is 4.79 Å². The molecule has 0 amide bonds. The van der Waals surface area contributed by atoms with E-state index in [4.69, 9.17) is 20.8 Å². The van der Waals surface area contributed by atoms with Crippen LogP contribution in [0.5, 0.6) is 0 Å². The molecule has 5 nitrogen and oxygen atoms in total. The SMILES string of the molecule is Cc1ccc(/C=C/C(=O)OCc2c(C)nn(-c3ccccc3)c2Cl)o1. The molecule has 0 spiro atoms. The number of para-hydroxylation sites is 1. The third kappa shape index (κ3) is 4.00. The van der Waals surface area contributed by atoms with Crippen molar-refractivity contribution in [2.45, 2.75) is 20.5 Å². The van der Waals surface area contributed by atoms with Crippen LogP contribution in [0.3, 0.4) is 0 Å². The van der Waals surface area contributed by atoms with Crippen molar-refractivity contribution in [1.82, 2.24) is 9.78 Å². The van der Waals surface area contributed by atoms with Crippen LogP contribution in [0.4, 0.5) is 0 Å². The minimum absolute atomic E-state index is 0.0534. The highest BCUT2D eigenvalue weighted by Crippen LogP contribution is 2.24. The van der Waals surface area contributed by atoms with Crippen LogP contribution in [-0.4, -0.2) is 15.7 Å². The highest BCUT2D eigenvalue weighted by Gasteiger charge is 2.15. The number of nitrogens with zero attached hydrogens (tertiary/aromatic N) is 2. The molecule has 2 heterocycles. The number of carbonyl (C=O) groups excluding carboxylic acids is 1. The molecule has 3 aromatic rings. The number of benzene rings is 1. The van der Waals surface area contributed by atoms with Crippen LogP contribution in [-0.2, 0) is 16.1 Å². The van der Waals surface area contributed by atoms with Gasteiger partial charge in [0.2, 0.25) is 0 Å². The number of ether oxygens (including phenoxy) is 1. The summed E-state index contributed by atoms with van der Waals surface area (Å²) in [4.78, 5) is 11.9. The van der Waals surface area contributed by atoms with E-state index in [-0.39, 0.29) is 6.61 Å². The Morgan fingerprint density at radius 1 is 1.24 bits per heavy atom. The Balaban J connectivity index is 1.68. The van der Waals surface area contributed by atoms with E-state index in [1.165, 1.54) is 6.08 Å². The zero-order chi connectivity index (χ0) is 17.8. The molecule has 0 aliphatic heterocycles. The Hall–Kier alpha value is -2.79. The lowest BCUT2D eigenvalue weighted by molar-refractivity contribution is -0.138. The van der Waals surface area contributed by atoms with E-state index < -0.39 is 5.97 Å². The highest BCUT2D eigenvalue weighted by atomic mass is 35.5. The van der Waals surface area contributed by atoms with Gasteiger partial charge >= 0.3 is 5.97 Å². The average Bonchev–Trinajstić information content (AvgIpc) is 3.15. The van der Waals surface area contributed by atoms with Gasteiger partial charge in [0.15, 0.2) is 0 Å². The zero-order valence-corrected chi connectivity index (χ0v) is 14.7. The molecule has 0 atom stereocenters. The fraction of sp³-hybridized carbons (Fsp3) is 0.158. The van der Waals surface area contributed by atoms with Crippen molar-refractivity contribution in [2.75, 3.05) is 0 Å². The van der Waals surface area contributed by atoms with Crippen molar-refractivity contribution in [2.24, 2.45) is 0 Å². The first kappa shape index (κ1) is 17.0. The summed E-state index contributed by atoms with van der Waals surface area (Å²) in [5, 5.41) is 4.85. The summed E-state index contributed by atoms with van der Waals surface area (Å²) in [6, 6.07) is 13.1. The summed E-state index contributed by atoms with van der Waals surface area (Å²) in [6.07, 6.45) is 2.89. The standard InChI is InChI=1S/C19H17ClN2O3/c1-13-8-9-16(25-13)10-11-18(23)24-12-17-14(2)21-22(19(17)20)15-6-4-3-5-7-15/h3-11H,12H2,1-2H3/b11-10+. The van der Waals surface area contributed by atoms with Crippen LogP contribution in [0.2, 0.25) is 5.15 Å². The monoisotopic (exact) mass is 356 g/mol. The largest absolute Gasteiger partial charge is 0.462 e. The number of carbonyl (C=O) groups is 1. The Morgan fingerprint density at radius 3 is 2.68 bits per heavy atom. The van der Waals surface area contributed by atoms with Gasteiger partial charge in [0.25, 0.3) is 0 Å². The van der Waals surface area contributed by atoms with E-state index in [0.717, 1.165) is 11.4 Å². The molecule has 0 saturated carbocycles. The van der Waals surface area contributed by atoms with Crippen LogP contribution in [0.1, 0.15) is 22.8 Å². The second-order valence-corrected chi connectivity index (χ2v) is 5.85. The van der Waals surface area contributed by atoms with Gasteiger partial charge in [-0.25, -0.2) is 9.48 Å². The first-order chi connectivity index (χ1) is 12.0. The predicted molar refractivity (Wildman–Crippen MR) is 95.6 cm³/mol. The van der Waals surface area contributed by atoms with Crippen LogP contribution < -0.4 is 0 Å². The lowest BCUT2D eigenvalue weighted by Crippen LogP contribution is -2.02. The van der Waals surface area contributed by atoms with Crippen LogP contribution in [0.15, 0.2) is 53.0 Å². The van der Waals surface area contributed by atoms with Gasteiger partial charge in [-0.1, -0.05) is 29.8 Å².